The number of benzene rings is 1. The van der Waals surface area contributed by atoms with E-state index >= 15 is 0 Å². The number of nitrogens with zero attached hydrogens (tertiary/aromatic N) is 2. The first-order valence-corrected chi connectivity index (χ1v) is 9.92. The van der Waals surface area contributed by atoms with E-state index in [1.807, 2.05) is 11.9 Å². The molecule has 29 heavy (non-hydrogen) atoms. The molecule has 3 rings (SSSR count). The Labute approximate surface area is 189 Å². The Morgan fingerprint density at radius 1 is 0.897 bits per heavy atom. The summed E-state index contributed by atoms with van der Waals surface area (Å²) in [6.07, 6.45) is 5.17. The molecule has 1 atom stereocenters. The van der Waals surface area contributed by atoms with Gasteiger partial charge in [-0.05, 0) is 41.6 Å². The van der Waals surface area contributed by atoms with Gasteiger partial charge in [0.05, 0.1) is 6.04 Å². The largest absolute Gasteiger partial charge is 2.00 e. The summed E-state index contributed by atoms with van der Waals surface area (Å²) in [6.45, 7) is 17.3. The zero-order chi connectivity index (χ0) is 21.1. The zero-order valence-corrected chi connectivity index (χ0v) is 19.9. The molecule has 1 aromatic carbocycles. The quantitative estimate of drug-likeness (QED) is 0.625. The van der Waals surface area contributed by atoms with Gasteiger partial charge in [0.15, 0.2) is 0 Å². The molecule has 1 saturated carbocycles. The minimum atomic E-state index is -0.750. The maximum atomic E-state index is 10.1. The van der Waals surface area contributed by atoms with Crippen LogP contribution in [0.1, 0.15) is 66.5 Å². The molecular formula is C25H34N2NiO+. The van der Waals surface area contributed by atoms with Gasteiger partial charge in [0.25, 0.3) is 0 Å². The predicted molar refractivity (Wildman–Crippen MR) is 114 cm³/mol. The van der Waals surface area contributed by atoms with Crippen molar-refractivity contribution in [3.63, 3.8) is 0 Å². The van der Waals surface area contributed by atoms with Crippen LogP contribution in [0, 0.1) is 36.3 Å². The van der Waals surface area contributed by atoms with Crippen molar-refractivity contribution in [2.45, 2.75) is 66.5 Å². The van der Waals surface area contributed by atoms with Crippen LogP contribution >= 0.6 is 0 Å². The van der Waals surface area contributed by atoms with E-state index in [0.717, 1.165) is 6.42 Å². The maximum absolute atomic E-state index is 10.1. The Morgan fingerprint density at radius 3 is 1.79 bits per heavy atom. The van der Waals surface area contributed by atoms with Gasteiger partial charge in [0.2, 0.25) is 6.67 Å². The second-order valence-electron chi connectivity index (χ2n) is 8.64. The first-order chi connectivity index (χ1) is 13.0. The van der Waals surface area contributed by atoms with Crippen molar-refractivity contribution in [2.75, 3.05) is 7.05 Å². The van der Waals surface area contributed by atoms with Gasteiger partial charge >= 0.3 is 16.5 Å². The van der Waals surface area contributed by atoms with E-state index in [0.29, 0.717) is 0 Å². The smallest absolute Gasteiger partial charge is 0.850 e. The molecule has 1 aromatic rings. The average Bonchev–Trinajstić information content (AvgIpc) is 3.12. The van der Waals surface area contributed by atoms with E-state index in [1.54, 1.807) is 20.8 Å². The van der Waals surface area contributed by atoms with Gasteiger partial charge in [0.1, 0.15) is 0 Å². The number of hydrogen-bond donors (Lipinski definition) is 0. The average molecular weight is 437 g/mol. The van der Waals surface area contributed by atoms with Gasteiger partial charge in [-0.2, -0.15) is 0 Å². The molecule has 0 aromatic heterocycles. The minimum Gasteiger partial charge on any atom is -0.850 e. The van der Waals surface area contributed by atoms with Crippen molar-refractivity contribution in [1.82, 2.24) is 9.80 Å². The monoisotopic (exact) mass is 436 g/mol. The third-order valence-electron chi connectivity index (χ3n) is 5.23. The molecule has 1 fully saturated rings. The molecule has 1 aliphatic carbocycles. The Kier molecular flexibility index (Phi) is 9.76. The fraction of sp³-hybridized carbons (Fsp3) is 0.440. The van der Waals surface area contributed by atoms with Crippen molar-refractivity contribution in [3.05, 3.63) is 84.6 Å². The van der Waals surface area contributed by atoms with Crippen LogP contribution in [0.4, 0.5) is 0 Å². The van der Waals surface area contributed by atoms with Crippen molar-refractivity contribution >= 4 is 0 Å². The van der Waals surface area contributed by atoms with Crippen LogP contribution in [-0.2, 0) is 16.5 Å². The van der Waals surface area contributed by atoms with Crippen LogP contribution in [0.2, 0.25) is 0 Å². The summed E-state index contributed by atoms with van der Waals surface area (Å²) >= 11 is 0. The first kappa shape index (κ1) is 26.0. The molecule has 3 nitrogen and oxygen atoms in total. The molecule has 0 saturated heterocycles. The maximum Gasteiger partial charge on any atom is 2.00 e. The summed E-state index contributed by atoms with van der Waals surface area (Å²) in [5.74, 6) is 7.24. The molecule has 2 aliphatic rings. The second kappa shape index (κ2) is 10.9. The van der Waals surface area contributed by atoms with Crippen LogP contribution in [0.3, 0.4) is 0 Å². The molecule has 159 valence electrons. The van der Waals surface area contributed by atoms with Crippen LogP contribution in [-0.4, -0.2) is 22.4 Å². The Morgan fingerprint density at radius 2 is 1.38 bits per heavy atom. The van der Waals surface area contributed by atoms with Crippen molar-refractivity contribution in [3.8, 4) is 0 Å². The van der Waals surface area contributed by atoms with Crippen molar-refractivity contribution in [2.24, 2.45) is 0 Å². The summed E-state index contributed by atoms with van der Waals surface area (Å²) in [4.78, 5) is 4.18. The van der Waals surface area contributed by atoms with E-state index in [1.165, 1.54) is 35.2 Å². The molecule has 7 radical (unpaired) electrons. The second-order valence-corrected chi connectivity index (χ2v) is 8.64. The summed E-state index contributed by atoms with van der Waals surface area (Å²) < 4.78 is 0. The topological polar surface area (TPSA) is 29.5 Å². The SMILES string of the molecule is CC(C)(C)[O-].C[C]1[C](C)[C](C)[C](CC(c2ccccc2)N2[C]N(C)C=C2)[C]1C.[Ni+2]. The molecule has 0 N–H and O–H groups in total. The van der Waals surface area contributed by atoms with Gasteiger partial charge in [-0.3, -0.25) is 0 Å². The first-order valence-electron chi connectivity index (χ1n) is 9.92. The van der Waals surface area contributed by atoms with Gasteiger partial charge in [-0.1, -0.05) is 78.8 Å². The third kappa shape index (κ3) is 7.33. The van der Waals surface area contributed by atoms with E-state index in [2.05, 4.69) is 82.0 Å². The standard InChI is InChI=1S/C21H25N2.C4H9O.Ni/c1-15-16(2)18(4)20(17(15)3)13-21(19-9-7-6-8-10-19)23-12-11-22(5)14-23;1-4(2,3)5;/h6-12,21H,13H2,1-5H3;1-3H3;/q;-1;+2. The molecule has 1 unspecified atom stereocenters. The Balaban J connectivity index is 0.000000628. The minimum absolute atomic E-state index is 0. The molecule has 0 spiro atoms. The van der Waals surface area contributed by atoms with Crippen LogP contribution < -0.4 is 5.11 Å². The van der Waals surface area contributed by atoms with Gasteiger partial charge in [-0.15, -0.1) is 5.60 Å². The third-order valence-corrected chi connectivity index (χ3v) is 5.23. The van der Waals surface area contributed by atoms with E-state index < -0.39 is 5.60 Å². The van der Waals surface area contributed by atoms with E-state index in [9.17, 15) is 5.11 Å². The van der Waals surface area contributed by atoms with Crippen molar-refractivity contribution < 1.29 is 21.6 Å². The van der Waals surface area contributed by atoms with Gasteiger partial charge < -0.3 is 14.9 Å². The van der Waals surface area contributed by atoms with E-state index in [4.69, 9.17) is 0 Å². The van der Waals surface area contributed by atoms with Crippen molar-refractivity contribution in [1.29, 1.82) is 0 Å². The van der Waals surface area contributed by atoms with Crippen LogP contribution in [0.15, 0.2) is 42.7 Å². The van der Waals surface area contributed by atoms with Crippen LogP contribution in [0.5, 0.6) is 0 Å². The zero-order valence-electron chi connectivity index (χ0n) is 18.9. The number of rotatable bonds is 4. The molecule has 1 aliphatic heterocycles. The summed E-state index contributed by atoms with van der Waals surface area (Å²) in [6, 6.07) is 11.0. The van der Waals surface area contributed by atoms with Gasteiger partial charge in [-0.25, -0.2) is 0 Å². The fourth-order valence-electron chi connectivity index (χ4n) is 3.44. The molecule has 0 bridgehead atoms. The summed E-state index contributed by atoms with van der Waals surface area (Å²) in [5, 5.41) is 10.1. The molecular weight excluding hydrogens is 403 g/mol. The molecule has 0 amide bonds. The van der Waals surface area contributed by atoms with E-state index in [-0.39, 0.29) is 22.5 Å². The molecule has 4 heteroatoms. The Hall–Kier alpha value is -0.986. The summed E-state index contributed by atoms with van der Waals surface area (Å²) in [5.41, 5.74) is 0.579. The fourth-order valence-corrected chi connectivity index (χ4v) is 3.44. The van der Waals surface area contributed by atoms with Gasteiger partial charge in [0, 0.05) is 19.4 Å². The molecule has 1 heterocycles. The number of hydrogen-bond acceptors (Lipinski definition) is 3. The van der Waals surface area contributed by atoms with Crippen LogP contribution in [0.25, 0.3) is 0 Å². The summed E-state index contributed by atoms with van der Waals surface area (Å²) in [7, 11) is 2.02. The predicted octanol–water partition coefficient (Wildman–Crippen LogP) is 4.94. The normalized spacial score (nSPS) is 20.6. The Bertz CT molecular complexity index is 607.